The molecule has 0 spiro atoms. The molecule has 1 amide bonds. The highest BCUT2D eigenvalue weighted by Crippen LogP contribution is 2.17. The summed E-state index contributed by atoms with van der Waals surface area (Å²) in [7, 11) is 0. The predicted octanol–water partition coefficient (Wildman–Crippen LogP) is 1.86. The van der Waals surface area contributed by atoms with Crippen LogP contribution in [0.15, 0.2) is 24.5 Å². The van der Waals surface area contributed by atoms with Crippen molar-refractivity contribution < 1.29 is 4.79 Å². The Morgan fingerprint density at radius 2 is 2.25 bits per heavy atom. The molecule has 4 nitrogen and oxygen atoms in total. The molecule has 0 bridgehead atoms. The average molecular weight is 275 g/mol. The first-order valence-electron chi connectivity index (χ1n) is 7.67. The Labute approximate surface area is 121 Å². The van der Waals surface area contributed by atoms with Gasteiger partial charge in [-0.3, -0.25) is 9.78 Å². The summed E-state index contributed by atoms with van der Waals surface area (Å²) in [5.74, 6) is 1.02. The Hall–Kier alpha value is -1.42. The number of piperidine rings is 1. The molecule has 2 rings (SSSR count). The first-order valence-corrected chi connectivity index (χ1v) is 7.67. The fraction of sp³-hybridized carbons (Fsp3) is 0.625. The molecule has 0 unspecified atom stereocenters. The molecule has 1 saturated heterocycles. The van der Waals surface area contributed by atoms with Crippen molar-refractivity contribution in [3.05, 3.63) is 30.1 Å². The van der Waals surface area contributed by atoms with Gasteiger partial charge >= 0.3 is 0 Å². The normalized spacial score (nSPS) is 16.4. The van der Waals surface area contributed by atoms with Crippen LogP contribution in [0.25, 0.3) is 0 Å². The van der Waals surface area contributed by atoms with E-state index in [0.717, 1.165) is 56.9 Å². The molecule has 1 aliphatic heterocycles. The molecule has 1 aliphatic rings. The molecule has 0 aliphatic carbocycles. The maximum atomic E-state index is 12.2. The van der Waals surface area contributed by atoms with Gasteiger partial charge in [-0.05, 0) is 49.9 Å². The lowest BCUT2D eigenvalue weighted by Gasteiger charge is -2.32. The summed E-state index contributed by atoms with van der Waals surface area (Å²) >= 11 is 0. The van der Waals surface area contributed by atoms with E-state index in [0.29, 0.717) is 6.42 Å². The van der Waals surface area contributed by atoms with Crippen LogP contribution < -0.4 is 5.32 Å². The van der Waals surface area contributed by atoms with Gasteiger partial charge in [-0.15, -0.1) is 0 Å². The summed E-state index contributed by atoms with van der Waals surface area (Å²) in [6.45, 7) is 6.10. The monoisotopic (exact) mass is 275 g/mol. The number of rotatable bonds is 6. The Morgan fingerprint density at radius 3 is 2.90 bits per heavy atom. The first-order chi connectivity index (χ1) is 9.79. The third kappa shape index (κ3) is 4.60. The van der Waals surface area contributed by atoms with Crippen molar-refractivity contribution in [1.29, 1.82) is 0 Å². The van der Waals surface area contributed by atoms with Gasteiger partial charge in [0.1, 0.15) is 0 Å². The van der Waals surface area contributed by atoms with E-state index in [4.69, 9.17) is 0 Å². The van der Waals surface area contributed by atoms with Gasteiger partial charge in [0.2, 0.25) is 5.91 Å². The number of hydrogen-bond donors (Lipinski definition) is 1. The lowest BCUT2D eigenvalue weighted by Crippen LogP contribution is -2.40. The van der Waals surface area contributed by atoms with E-state index < -0.39 is 0 Å². The van der Waals surface area contributed by atoms with Crippen molar-refractivity contribution in [3.63, 3.8) is 0 Å². The van der Waals surface area contributed by atoms with Gasteiger partial charge in [0.15, 0.2) is 0 Å². The zero-order chi connectivity index (χ0) is 14.2. The Balaban J connectivity index is 1.69. The maximum Gasteiger partial charge on any atom is 0.222 e. The second-order valence-electron chi connectivity index (χ2n) is 5.49. The number of nitrogens with zero attached hydrogens (tertiary/aromatic N) is 2. The number of likely N-dealkylation sites (tertiary alicyclic amines) is 1. The van der Waals surface area contributed by atoms with Crippen LogP contribution in [0.5, 0.6) is 0 Å². The quantitative estimate of drug-likeness (QED) is 0.862. The fourth-order valence-corrected chi connectivity index (χ4v) is 2.69. The topological polar surface area (TPSA) is 45.2 Å². The number of carbonyl (C=O) groups excluding carboxylic acids is 1. The average Bonchev–Trinajstić information content (AvgIpc) is 2.52. The fourth-order valence-electron chi connectivity index (χ4n) is 2.69. The molecule has 1 aromatic heterocycles. The molecule has 0 saturated carbocycles. The van der Waals surface area contributed by atoms with Crippen molar-refractivity contribution in [2.75, 3.05) is 26.2 Å². The summed E-state index contributed by atoms with van der Waals surface area (Å²) in [5.41, 5.74) is 1.14. The minimum absolute atomic E-state index is 0.288. The van der Waals surface area contributed by atoms with Crippen LogP contribution in [0.1, 0.15) is 31.7 Å². The van der Waals surface area contributed by atoms with Gasteiger partial charge in [-0.2, -0.15) is 0 Å². The number of aromatic nitrogens is 1. The number of nitrogens with one attached hydrogen (secondary N) is 1. The number of pyridine rings is 1. The molecule has 0 aromatic carbocycles. The Bertz CT molecular complexity index is 399. The number of hydrogen-bond acceptors (Lipinski definition) is 3. The molecule has 1 N–H and O–H groups in total. The molecule has 4 heteroatoms. The zero-order valence-corrected chi connectivity index (χ0v) is 12.3. The van der Waals surface area contributed by atoms with Gasteiger partial charge in [-0.1, -0.05) is 13.0 Å². The van der Waals surface area contributed by atoms with Gasteiger partial charge in [0.25, 0.3) is 0 Å². The molecular formula is C16H25N3O. The van der Waals surface area contributed by atoms with Gasteiger partial charge in [0.05, 0.1) is 0 Å². The summed E-state index contributed by atoms with van der Waals surface area (Å²) in [4.78, 5) is 18.3. The zero-order valence-electron chi connectivity index (χ0n) is 12.3. The van der Waals surface area contributed by atoms with Crippen molar-refractivity contribution in [2.45, 2.75) is 32.6 Å². The Kier molecular flexibility index (Phi) is 5.99. The number of aryl methyl sites for hydroxylation is 1. The highest BCUT2D eigenvalue weighted by molar-refractivity contribution is 5.76. The first kappa shape index (κ1) is 15.0. The van der Waals surface area contributed by atoms with Crippen LogP contribution in [-0.4, -0.2) is 42.0 Å². The van der Waals surface area contributed by atoms with E-state index in [1.807, 2.05) is 23.2 Å². The Morgan fingerprint density at radius 1 is 1.45 bits per heavy atom. The highest BCUT2D eigenvalue weighted by atomic mass is 16.2. The third-order valence-corrected chi connectivity index (χ3v) is 4.00. The van der Waals surface area contributed by atoms with Crippen LogP contribution in [0.3, 0.4) is 0 Å². The van der Waals surface area contributed by atoms with Gasteiger partial charge in [0, 0.05) is 31.9 Å². The minimum atomic E-state index is 0.288. The lowest BCUT2D eigenvalue weighted by molar-refractivity contribution is -0.132. The van der Waals surface area contributed by atoms with Crippen molar-refractivity contribution in [3.8, 4) is 0 Å². The van der Waals surface area contributed by atoms with Crippen LogP contribution in [0, 0.1) is 5.92 Å². The summed E-state index contributed by atoms with van der Waals surface area (Å²) in [6, 6.07) is 3.95. The van der Waals surface area contributed by atoms with Crippen LogP contribution in [0.2, 0.25) is 0 Å². The molecule has 1 aromatic rings. The molecular weight excluding hydrogens is 250 g/mol. The molecule has 1 fully saturated rings. The predicted molar refractivity (Wildman–Crippen MR) is 80.4 cm³/mol. The molecule has 0 radical (unpaired) electrons. The molecule has 2 heterocycles. The van der Waals surface area contributed by atoms with E-state index in [2.05, 4.69) is 17.2 Å². The van der Waals surface area contributed by atoms with E-state index in [1.54, 1.807) is 6.20 Å². The number of amides is 1. The second-order valence-corrected chi connectivity index (χ2v) is 5.49. The standard InChI is InChI=1S/C16H25N3O/c1-2-17-12-15-7-10-19(11-8-15)16(20)6-5-14-4-3-9-18-13-14/h3-4,9,13,15,17H,2,5-8,10-12H2,1H3. The van der Waals surface area contributed by atoms with Crippen LogP contribution >= 0.6 is 0 Å². The SMILES string of the molecule is CCNCC1CCN(C(=O)CCc2cccnc2)CC1. The largest absolute Gasteiger partial charge is 0.343 e. The van der Waals surface area contributed by atoms with E-state index >= 15 is 0 Å². The highest BCUT2D eigenvalue weighted by Gasteiger charge is 2.21. The second kappa shape index (κ2) is 8.00. The van der Waals surface area contributed by atoms with Gasteiger partial charge < -0.3 is 10.2 Å². The van der Waals surface area contributed by atoms with E-state index in [9.17, 15) is 4.79 Å². The summed E-state index contributed by atoms with van der Waals surface area (Å²) < 4.78 is 0. The number of carbonyl (C=O) groups is 1. The molecule has 110 valence electrons. The van der Waals surface area contributed by atoms with Crippen LogP contribution in [0.4, 0.5) is 0 Å². The van der Waals surface area contributed by atoms with E-state index in [-0.39, 0.29) is 5.91 Å². The van der Waals surface area contributed by atoms with E-state index in [1.165, 1.54) is 0 Å². The summed E-state index contributed by atoms with van der Waals surface area (Å²) in [5, 5.41) is 3.40. The van der Waals surface area contributed by atoms with Gasteiger partial charge in [-0.25, -0.2) is 0 Å². The van der Waals surface area contributed by atoms with Crippen molar-refractivity contribution in [1.82, 2.24) is 15.2 Å². The molecule has 20 heavy (non-hydrogen) atoms. The third-order valence-electron chi connectivity index (χ3n) is 4.00. The van der Waals surface area contributed by atoms with Crippen molar-refractivity contribution >= 4 is 5.91 Å². The summed E-state index contributed by atoms with van der Waals surface area (Å²) in [6.07, 6.45) is 7.27. The minimum Gasteiger partial charge on any atom is -0.343 e. The smallest absolute Gasteiger partial charge is 0.222 e. The maximum absolute atomic E-state index is 12.2. The lowest BCUT2D eigenvalue weighted by atomic mass is 9.96. The van der Waals surface area contributed by atoms with Crippen LogP contribution in [-0.2, 0) is 11.2 Å². The van der Waals surface area contributed by atoms with Crippen molar-refractivity contribution in [2.24, 2.45) is 5.92 Å². The molecule has 0 atom stereocenters.